The Balaban J connectivity index is 2.32. The monoisotopic (exact) mass is 211 g/mol. The fraction of sp³-hybridized carbons (Fsp3) is 0.846. The Kier molecular flexibility index (Phi) is 5.34. The van der Waals surface area contributed by atoms with Crippen LogP contribution in [0.5, 0.6) is 0 Å². The lowest BCUT2D eigenvalue weighted by atomic mass is 9.85. The number of rotatable bonds is 5. The molecule has 0 aliphatic heterocycles. The lowest BCUT2D eigenvalue weighted by Gasteiger charge is -2.28. The summed E-state index contributed by atoms with van der Waals surface area (Å²) in [6.45, 7) is 8.15. The van der Waals surface area contributed by atoms with Gasteiger partial charge in [0.25, 0.3) is 0 Å². The van der Waals surface area contributed by atoms with Crippen molar-refractivity contribution in [2.24, 2.45) is 23.5 Å². The summed E-state index contributed by atoms with van der Waals surface area (Å²) in [5, 5.41) is 0. The number of allylic oxidation sites excluding steroid dienone is 2. The minimum absolute atomic E-state index is 0.225. The van der Waals surface area contributed by atoms with Gasteiger partial charge >= 0.3 is 0 Å². The van der Waals surface area contributed by atoms with Crippen molar-refractivity contribution in [1.29, 1.82) is 0 Å². The van der Waals surface area contributed by atoms with Crippen LogP contribution in [0.2, 0.25) is 0 Å². The van der Waals surface area contributed by atoms with Crippen LogP contribution in [0.25, 0.3) is 0 Å². The van der Waals surface area contributed by atoms with E-state index in [1.54, 1.807) is 0 Å². The molecule has 0 bridgehead atoms. The van der Waals surface area contributed by atoms with Gasteiger partial charge in [-0.25, -0.2) is 0 Å². The first kappa shape index (κ1) is 12.7. The predicted molar refractivity (Wildman–Crippen MR) is 64.7 cm³/mol. The average Bonchev–Trinajstić information content (AvgIpc) is 2.21. The van der Waals surface area contributed by atoms with Crippen molar-refractivity contribution < 1.29 is 4.74 Å². The molecule has 0 aromatic carbocycles. The zero-order valence-electron chi connectivity index (χ0n) is 10.3. The first-order valence-corrected chi connectivity index (χ1v) is 6.11. The summed E-state index contributed by atoms with van der Waals surface area (Å²) in [6.07, 6.45) is 7.15. The van der Waals surface area contributed by atoms with Crippen LogP contribution in [-0.4, -0.2) is 19.3 Å². The largest absolute Gasteiger partial charge is 0.376 e. The molecule has 2 N–H and O–H groups in total. The van der Waals surface area contributed by atoms with E-state index < -0.39 is 0 Å². The first-order valence-electron chi connectivity index (χ1n) is 6.11. The van der Waals surface area contributed by atoms with Crippen LogP contribution in [-0.2, 0) is 4.74 Å². The summed E-state index contributed by atoms with van der Waals surface area (Å²) in [6, 6.07) is 0. The van der Waals surface area contributed by atoms with Crippen molar-refractivity contribution in [2.75, 3.05) is 13.2 Å². The smallest absolute Gasteiger partial charge is 0.0720 e. The molecule has 0 saturated carbocycles. The van der Waals surface area contributed by atoms with Gasteiger partial charge in [-0.2, -0.15) is 0 Å². The number of ether oxygens (including phenoxy) is 1. The maximum atomic E-state index is 5.90. The quantitative estimate of drug-likeness (QED) is 0.709. The maximum absolute atomic E-state index is 5.90. The molecular formula is C13H25NO. The Hall–Kier alpha value is -0.340. The van der Waals surface area contributed by atoms with E-state index in [2.05, 4.69) is 32.9 Å². The SMILES string of the molecule is CC(C)C(CN)OCC1CC=CCC1C. The van der Waals surface area contributed by atoms with Crippen molar-refractivity contribution in [1.82, 2.24) is 0 Å². The third-order valence-electron chi connectivity index (χ3n) is 3.42. The molecule has 0 fully saturated rings. The molecule has 0 aromatic rings. The normalized spacial score (nSPS) is 28.3. The van der Waals surface area contributed by atoms with Crippen LogP contribution >= 0.6 is 0 Å². The number of nitrogens with two attached hydrogens (primary N) is 1. The fourth-order valence-electron chi connectivity index (χ4n) is 2.02. The summed E-state index contributed by atoms with van der Waals surface area (Å²) in [4.78, 5) is 0. The summed E-state index contributed by atoms with van der Waals surface area (Å²) >= 11 is 0. The highest BCUT2D eigenvalue weighted by molar-refractivity contribution is 4.93. The second kappa shape index (κ2) is 6.29. The zero-order chi connectivity index (χ0) is 11.3. The van der Waals surface area contributed by atoms with Gasteiger partial charge in [0.15, 0.2) is 0 Å². The molecule has 0 aromatic heterocycles. The topological polar surface area (TPSA) is 35.2 Å². The molecule has 0 radical (unpaired) electrons. The summed E-state index contributed by atoms with van der Waals surface area (Å²) in [7, 11) is 0. The van der Waals surface area contributed by atoms with E-state index in [0.29, 0.717) is 18.4 Å². The van der Waals surface area contributed by atoms with Crippen molar-refractivity contribution in [3.05, 3.63) is 12.2 Å². The highest BCUT2D eigenvalue weighted by Crippen LogP contribution is 2.25. The van der Waals surface area contributed by atoms with E-state index in [9.17, 15) is 0 Å². The second-order valence-electron chi connectivity index (χ2n) is 5.03. The first-order chi connectivity index (χ1) is 7.15. The average molecular weight is 211 g/mol. The van der Waals surface area contributed by atoms with E-state index in [-0.39, 0.29) is 6.10 Å². The Morgan fingerprint density at radius 3 is 2.53 bits per heavy atom. The lowest BCUT2D eigenvalue weighted by Crippen LogP contribution is -2.32. The Morgan fingerprint density at radius 1 is 1.33 bits per heavy atom. The van der Waals surface area contributed by atoms with Crippen LogP contribution in [0, 0.1) is 17.8 Å². The molecule has 88 valence electrons. The molecule has 2 nitrogen and oxygen atoms in total. The van der Waals surface area contributed by atoms with Crippen LogP contribution in [0.3, 0.4) is 0 Å². The van der Waals surface area contributed by atoms with Crippen LogP contribution in [0.4, 0.5) is 0 Å². The molecule has 0 amide bonds. The third-order valence-corrected chi connectivity index (χ3v) is 3.42. The summed E-state index contributed by atoms with van der Waals surface area (Å²) in [5.41, 5.74) is 5.68. The number of hydrogen-bond donors (Lipinski definition) is 1. The molecule has 3 unspecified atom stereocenters. The van der Waals surface area contributed by atoms with Gasteiger partial charge in [-0.1, -0.05) is 32.9 Å². The lowest BCUT2D eigenvalue weighted by molar-refractivity contribution is -0.00268. The minimum atomic E-state index is 0.225. The van der Waals surface area contributed by atoms with E-state index in [1.165, 1.54) is 6.42 Å². The molecule has 1 aliphatic carbocycles. The van der Waals surface area contributed by atoms with Gasteiger partial charge in [0.2, 0.25) is 0 Å². The van der Waals surface area contributed by atoms with Crippen molar-refractivity contribution in [3.8, 4) is 0 Å². The van der Waals surface area contributed by atoms with Crippen LogP contribution < -0.4 is 5.73 Å². The van der Waals surface area contributed by atoms with Crippen molar-refractivity contribution >= 4 is 0 Å². The zero-order valence-corrected chi connectivity index (χ0v) is 10.3. The predicted octanol–water partition coefficient (Wildman–Crippen LogP) is 2.59. The molecule has 0 heterocycles. The van der Waals surface area contributed by atoms with Crippen molar-refractivity contribution in [2.45, 2.75) is 39.7 Å². The highest BCUT2D eigenvalue weighted by Gasteiger charge is 2.20. The molecular weight excluding hydrogens is 186 g/mol. The van der Waals surface area contributed by atoms with Crippen molar-refractivity contribution in [3.63, 3.8) is 0 Å². The van der Waals surface area contributed by atoms with Crippen LogP contribution in [0.1, 0.15) is 33.6 Å². The number of hydrogen-bond acceptors (Lipinski definition) is 2. The molecule has 0 spiro atoms. The van der Waals surface area contributed by atoms with E-state index in [4.69, 9.17) is 10.5 Å². The van der Waals surface area contributed by atoms with Gasteiger partial charge in [-0.3, -0.25) is 0 Å². The van der Waals surface area contributed by atoms with E-state index >= 15 is 0 Å². The molecule has 1 rings (SSSR count). The molecule has 2 heteroatoms. The Bertz CT molecular complexity index is 201. The molecule has 1 aliphatic rings. The van der Waals surface area contributed by atoms with E-state index in [0.717, 1.165) is 18.9 Å². The van der Waals surface area contributed by atoms with Gasteiger partial charge in [0.05, 0.1) is 12.7 Å². The van der Waals surface area contributed by atoms with Crippen LogP contribution in [0.15, 0.2) is 12.2 Å². The molecule has 15 heavy (non-hydrogen) atoms. The Morgan fingerprint density at radius 2 is 2.00 bits per heavy atom. The van der Waals surface area contributed by atoms with Gasteiger partial charge < -0.3 is 10.5 Å². The van der Waals surface area contributed by atoms with Gasteiger partial charge in [0, 0.05) is 6.54 Å². The Labute approximate surface area is 93.9 Å². The molecule has 0 saturated heterocycles. The third kappa shape index (κ3) is 3.96. The maximum Gasteiger partial charge on any atom is 0.0720 e. The summed E-state index contributed by atoms with van der Waals surface area (Å²) < 4.78 is 5.90. The molecule has 3 atom stereocenters. The summed E-state index contributed by atoms with van der Waals surface area (Å²) in [5.74, 6) is 1.95. The standard InChI is InChI=1S/C13H25NO/c1-10(2)13(8-14)15-9-12-7-5-4-6-11(12)3/h4-5,10-13H,6-9,14H2,1-3H3. The van der Waals surface area contributed by atoms with Gasteiger partial charge in [0.1, 0.15) is 0 Å². The van der Waals surface area contributed by atoms with Gasteiger partial charge in [-0.05, 0) is 30.6 Å². The fourth-order valence-corrected chi connectivity index (χ4v) is 2.02. The minimum Gasteiger partial charge on any atom is -0.376 e. The second-order valence-corrected chi connectivity index (χ2v) is 5.03. The van der Waals surface area contributed by atoms with Gasteiger partial charge in [-0.15, -0.1) is 0 Å². The highest BCUT2D eigenvalue weighted by atomic mass is 16.5. The van der Waals surface area contributed by atoms with E-state index in [1.807, 2.05) is 0 Å².